The van der Waals surface area contributed by atoms with Gasteiger partial charge in [0.05, 0.1) is 12.2 Å². The Morgan fingerprint density at radius 1 is 1.43 bits per heavy atom. The molecule has 0 aliphatic heterocycles. The van der Waals surface area contributed by atoms with Gasteiger partial charge in [0.25, 0.3) is 0 Å². The molecule has 2 heteroatoms. The molecule has 0 N–H and O–H groups in total. The Labute approximate surface area is 83.9 Å². The monoisotopic (exact) mass is 194 g/mol. The molecular formula is C12H15FO. The zero-order valence-electron chi connectivity index (χ0n) is 8.59. The standard InChI is InChI=1S/C12H15FO/c1-8(2)14-12-6-3-9-7-10(13)4-5-11(9)12/h4-5,7-8,12H,3,6H2,1-2H3. The van der Waals surface area contributed by atoms with Crippen molar-refractivity contribution in [3.8, 4) is 0 Å². The SMILES string of the molecule is CC(C)OC1CCc2cc(F)ccc21. The molecule has 1 unspecified atom stereocenters. The number of hydrogen-bond donors (Lipinski definition) is 0. The van der Waals surface area contributed by atoms with Crippen molar-refractivity contribution in [2.75, 3.05) is 0 Å². The summed E-state index contributed by atoms with van der Waals surface area (Å²) in [5.74, 6) is -0.144. The summed E-state index contributed by atoms with van der Waals surface area (Å²) in [6, 6.07) is 4.99. The summed E-state index contributed by atoms with van der Waals surface area (Å²) in [7, 11) is 0. The molecule has 0 fully saturated rings. The molecule has 1 aromatic carbocycles. The summed E-state index contributed by atoms with van der Waals surface area (Å²) in [5.41, 5.74) is 2.27. The van der Waals surface area contributed by atoms with Gasteiger partial charge in [0.1, 0.15) is 5.82 Å². The van der Waals surface area contributed by atoms with Gasteiger partial charge >= 0.3 is 0 Å². The maximum Gasteiger partial charge on any atom is 0.123 e. The van der Waals surface area contributed by atoms with Gasteiger partial charge in [0, 0.05) is 0 Å². The molecule has 1 aromatic rings. The predicted octanol–water partition coefficient (Wildman–Crippen LogP) is 3.24. The number of fused-ring (bicyclic) bond motifs is 1. The lowest BCUT2D eigenvalue weighted by Crippen LogP contribution is -2.07. The molecule has 1 atom stereocenters. The predicted molar refractivity (Wildman–Crippen MR) is 53.7 cm³/mol. The number of halogens is 1. The van der Waals surface area contributed by atoms with Crippen LogP contribution in [0.1, 0.15) is 37.5 Å². The lowest BCUT2D eigenvalue weighted by molar-refractivity contribution is 0.00789. The second-order valence-electron chi connectivity index (χ2n) is 4.06. The minimum atomic E-state index is -0.144. The van der Waals surface area contributed by atoms with Gasteiger partial charge in [-0.25, -0.2) is 4.39 Å². The molecule has 0 aromatic heterocycles. The van der Waals surface area contributed by atoms with Crippen LogP contribution in [0.2, 0.25) is 0 Å². The van der Waals surface area contributed by atoms with Gasteiger partial charge < -0.3 is 4.74 Å². The molecule has 0 spiro atoms. The van der Waals surface area contributed by atoms with E-state index in [1.165, 1.54) is 11.6 Å². The lowest BCUT2D eigenvalue weighted by atomic mass is 10.1. The van der Waals surface area contributed by atoms with Gasteiger partial charge in [0.2, 0.25) is 0 Å². The Morgan fingerprint density at radius 3 is 2.93 bits per heavy atom. The van der Waals surface area contributed by atoms with Crippen molar-refractivity contribution in [1.29, 1.82) is 0 Å². The van der Waals surface area contributed by atoms with Crippen molar-refractivity contribution in [3.63, 3.8) is 0 Å². The van der Waals surface area contributed by atoms with Crippen molar-refractivity contribution in [2.24, 2.45) is 0 Å². The quantitative estimate of drug-likeness (QED) is 0.702. The molecule has 76 valence electrons. The van der Waals surface area contributed by atoms with E-state index in [4.69, 9.17) is 4.74 Å². The van der Waals surface area contributed by atoms with E-state index in [0.29, 0.717) is 0 Å². The molecular weight excluding hydrogens is 179 g/mol. The first-order valence-corrected chi connectivity index (χ1v) is 5.10. The molecule has 0 heterocycles. The second-order valence-corrected chi connectivity index (χ2v) is 4.06. The molecule has 1 nitrogen and oxygen atoms in total. The third kappa shape index (κ3) is 1.80. The van der Waals surface area contributed by atoms with E-state index in [0.717, 1.165) is 18.4 Å². The summed E-state index contributed by atoms with van der Waals surface area (Å²) < 4.78 is 18.7. The van der Waals surface area contributed by atoms with E-state index < -0.39 is 0 Å². The average molecular weight is 194 g/mol. The van der Waals surface area contributed by atoms with Crippen LogP contribution in [0.5, 0.6) is 0 Å². The van der Waals surface area contributed by atoms with Gasteiger partial charge in [-0.3, -0.25) is 0 Å². The number of benzene rings is 1. The Morgan fingerprint density at radius 2 is 2.21 bits per heavy atom. The molecule has 0 amide bonds. The normalized spacial score (nSPS) is 20.1. The number of hydrogen-bond acceptors (Lipinski definition) is 1. The van der Waals surface area contributed by atoms with Crippen LogP contribution in [0.15, 0.2) is 18.2 Å². The first kappa shape index (κ1) is 9.66. The highest BCUT2D eigenvalue weighted by atomic mass is 19.1. The summed E-state index contributed by atoms with van der Waals surface area (Å²) in [6.07, 6.45) is 2.32. The van der Waals surface area contributed by atoms with E-state index in [1.54, 1.807) is 6.07 Å². The Kier molecular flexibility index (Phi) is 2.55. The molecule has 2 rings (SSSR count). The highest BCUT2D eigenvalue weighted by molar-refractivity contribution is 5.34. The highest BCUT2D eigenvalue weighted by Crippen LogP contribution is 2.34. The van der Waals surface area contributed by atoms with Gasteiger partial charge in [-0.05, 0) is 49.9 Å². The minimum absolute atomic E-state index is 0.144. The summed E-state index contributed by atoms with van der Waals surface area (Å²) in [5, 5.41) is 0. The third-order valence-corrected chi connectivity index (χ3v) is 2.56. The van der Waals surface area contributed by atoms with Crippen molar-refractivity contribution in [2.45, 2.75) is 38.9 Å². The van der Waals surface area contributed by atoms with E-state index in [1.807, 2.05) is 19.9 Å². The molecule has 14 heavy (non-hydrogen) atoms. The Balaban J connectivity index is 2.22. The van der Waals surface area contributed by atoms with Crippen molar-refractivity contribution in [3.05, 3.63) is 35.1 Å². The summed E-state index contributed by atoms with van der Waals surface area (Å²) in [6.45, 7) is 4.06. The maximum absolute atomic E-state index is 12.9. The fraction of sp³-hybridized carbons (Fsp3) is 0.500. The van der Waals surface area contributed by atoms with Gasteiger partial charge in [-0.1, -0.05) is 6.07 Å². The largest absolute Gasteiger partial charge is 0.371 e. The first-order valence-electron chi connectivity index (χ1n) is 5.10. The number of aryl methyl sites for hydroxylation is 1. The Bertz CT molecular complexity index is 333. The topological polar surface area (TPSA) is 9.23 Å². The van der Waals surface area contributed by atoms with E-state index in [9.17, 15) is 4.39 Å². The highest BCUT2D eigenvalue weighted by Gasteiger charge is 2.23. The zero-order valence-corrected chi connectivity index (χ0v) is 8.59. The fourth-order valence-electron chi connectivity index (χ4n) is 2.02. The summed E-state index contributed by atoms with van der Waals surface area (Å²) >= 11 is 0. The van der Waals surface area contributed by atoms with Gasteiger partial charge in [-0.15, -0.1) is 0 Å². The van der Waals surface area contributed by atoms with Gasteiger partial charge in [0.15, 0.2) is 0 Å². The maximum atomic E-state index is 12.9. The van der Waals surface area contributed by atoms with Gasteiger partial charge in [-0.2, -0.15) is 0 Å². The van der Waals surface area contributed by atoms with E-state index >= 15 is 0 Å². The van der Waals surface area contributed by atoms with Crippen LogP contribution in [-0.4, -0.2) is 6.10 Å². The molecule has 0 radical (unpaired) electrons. The van der Waals surface area contributed by atoms with Crippen molar-refractivity contribution in [1.82, 2.24) is 0 Å². The number of rotatable bonds is 2. The number of ether oxygens (including phenoxy) is 1. The fourth-order valence-corrected chi connectivity index (χ4v) is 2.02. The van der Waals surface area contributed by atoms with Crippen LogP contribution < -0.4 is 0 Å². The van der Waals surface area contributed by atoms with Crippen LogP contribution in [0.3, 0.4) is 0 Å². The Hall–Kier alpha value is -0.890. The van der Waals surface area contributed by atoms with E-state index in [-0.39, 0.29) is 18.0 Å². The van der Waals surface area contributed by atoms with Crippen molar-refractivity contribution >= 4 is 0 Å². The molecule has 0 bridgehead atoms. The average Bonchev–Trinajstić information content (AvgIpc) is 2.47. The lowest BCUT2D eigenvalue weighted by Gasteiger charge is -2.15. The van der Waals surface area contributed by atoms with Crippen LogP contribution in [0.4, 0.5) is 4.39 Å². The minimum Gasteiger partial charge on any atom is -0.371 e. The molecule has 1 aliphatic rings. The molecule has 1 aliphatic carbocycles. The van der Waals surface area contributed by atoms with Crippen molar-refractivity contribution < 1.29 is 9.13 Å². The third-order valence-electron chi connectivity index (χ3n) is 2.56. The van der Waals surface area contributed by atoms with E-state index in [2.05, 4.69) is 0 Å². The smallest absolute Gasteiger partial charge is 0.123 e. The second kappa shape index (κ2) is 3.70. The van der Waals surface area contributed by atoms with Crippen LogP contribution in [0.25, 0.3) is 0 Å². The molecule has 0 saturated heterocycles. The zero-order chi connectivity index (χ0) is 10.1. The van der Waals surface area contributed by atoms with Crippen LogP contribution in [0, 0.1) is 5.82 Å². The van der Waals surface area contributed by atoms with Crippen LogP contribution >= 0.6 is 0 Å². The summed E-state index contributed by atoms with van der Waals surface area (Å²) in [4.78, 5) is 0. The van der Waals surface area contributed by atoms with Crippen LogP contribution in [-0.2, 0) is 11.2 Å². The molecule has 0 saturated carbocycles. The first-order chi connectivity index (χ1) is 6.66.